The summed E-state index contributed by atoms with van der Waals surface area (Å²) in [4.78, 5) is 23.3. The van der Waals surface area contributed by atoms with Crippen LogP contribution in [0.25, 0.3) is 0 Å². The van der Waals surface area contributed by atoms with Gasteiger partial charge < -0.3 is 16.0 Å². The second-order valence-corrected chi connectivity index (χ2v) is 10.2. The maximum absolute atomic E-state index is 13.3. The Labute approximate surface area is 230 Å². The summed E-state index contributed by atoms with van der Waals surface area (Å²) in [7, 11) is 1.97. The smallest absolute Gasteiger partial charge is 0.251 e. The molecule has 1 fully saturated rings. The molecule has 3 N–H and O–H groups in total. The van der Waals surface area contributed by atoms with Gasteiger partial charge in [-0.25, -0.2) is 4.79 Å². The van der Waals surface area contributed by atoms with Crippen LogP contribution in [0.5, 0.6) is 0 Å². The molecular formula is C31H48ClN3O2. The Morgan fingerprint density at radius 1 is 1.19 bits per heavy atom. The van der Waals surface area contributed by atoms with E-state index in [2.05, 4.69) is 57.5 Å². The number of rotatable bonds is 12. The molecular weight excluding hydrogens is 482 g/mol. The number of halogens is 1. The van der Waals surface area contributed by atoms with Crippen molar-refractivity contribution in [2.45, 2.75) is 105 Å². The summed E-state index contributed by atoms with van der Waals surface area (Å²) in [6.07, 6.45) is 8.08. The van der Waals surface area contributed by atoms with Crippen LogP contribution in [0.3, 0.4) is 0 Å². The summed E-state index contributed by atoms with van der Waals surface area (Å²) in [6.45, 7) is 13.4. The van der Waals surface area contributed by atoms with E-state index in [4.69, 9.17) is 11.6 Å². The van der Waals surface area contributed by atoms with Crippen molar-refractivity contribution in [3.63, 3.8) is 0 Å². The van der Waals surface area contributed by atoms with Crippen molar-refractivity contribution in [3.05, 3.63) is 63.0 Å². The van der Waals surface area contributed by atoms with E-state index in [-0.39, 0.29) is 5.91 Å². The van der Waals surface area contributed by atoms with Gasteiger partial charge >= 0.3 is 0 Å². The predicted molar refractivity (Wildman–Crippen MR) is 157 cm³/mol. The Kier molecular flexibility index (Phi) is 15.7. The van der Waals surface area contributed by atoms with Gasteiger partial charge in [0, 0.05) is 35.9 Å². The van der Waals surface area contributed by atoms with Crippen molar-refractivity contribution in [2.75, 3.05) is 7.05 Å². The third kappa shape index (κ3) is 10.8. The lowest BCUT2D eigenvalue weighted by Crippen LogP contribution is -2.28. The molecule has 5 nitrogen and oxygen atoms in total. The Hall–Kier alpha value is -2.49. The Morgan fingerprint density at radius 3 is 2.32 bits per heavy atom. The zero-order chi connectivity index (χ0) is 27.8. The number of hydrogen-bond donors (Lipinski definition) is 3. The van der Waals surface area contributed by atoms with E-state index < -0.39 is 0 Å². The van der Waals surface area contributed by atoms with Crippen molar-refractivity contribution in [3.8, 4) is 0 Å². The highest BCUT2D eigenvalue weighted by atomic mass is 35.5. The average Bonchev–Trinajstić information content (AvgIpc) is 3.40. The molecule has 0 bridgehead atoms. The molecule has 1 heterocycles. The largest absolute Gasteiger partial charge is 0.391 e. The van der Waals surface area contributed by atoms with E-state index in [9.17, 15) is 9.59 Å². The monoisotopic (exact) mass is 529 g/mol. The molecule has 37 heavy (non-hydrogen) atoms. The summed E-state index contributed by atoms with van der Waals surface area (Å²) < 4.78 is 0. The van der Waals surface area contributed by atoms with Gasteiger partial charge in [-0.3, -0.25) is 4.79 Å². The topological polar surface area (TPSA) is 70.2 Å². The molecule has 1 saturated heterocycles. The molecule has 2 rings (SSSR count). The number of carbonyl (C=O) groups is 1. The lowest BCUT2D eigenvalue weighted by molar-refractivity contribution is -0.117. The number of benzene rings is 1. The van der Waals surface area contributed by atoms with E-state index in [0.29, 0.717) is 23.5 Å². The first-order chi connectivity index (χ1) is 17.8. The van der Waals surface area contributed by atoms with Crippen molar-refractivity contribution >= 4 is 23.4 Å². The Balaban J connectivity index is 0.000000635. The van der Waals surface area contributed by atoms with Gasteiger partial charge in [-0.1, -0.05) is 70.3 Å². The van der Waals surface area contributed by atoms with Crippen LogP contribution in [-0.2, 0) is 16.1 Å². The normalized spacial score (nSPS) is 16.9. The molecule has 1 aromatic rings. The number of nitrogens with one attached hydrogen (secondary N) is 3. The summed E-state index contributed by atoms with van der Waals surface area (Å²) in [5.74, 6) is 2.28. The van der Waals surface area contributed by atoms with Crippen LogP contribution >= 0.6 is 11.6 Å². The minimum absolute atomic E-state index is 0.0106. The molecule has 206 valence electrons. The maximum Gasteiger partial charge on any atom is 0.251 e. The van der Waals surface area contributed by atoms with E-state index in [1.165, 1.54) is 11.3 Å². The molecule has 0 saturated carbocycles. The number of allylic oxidation sites excluding steroid dienone is 3. The number of hydrogen-bond acceptors (Lipinski definition) is 4. The lowest BCUT2D eigenvalue weighted by Gasteiger charge is -2.23. The van der Waals surface area contributed by atoms with Gasteiger partial charge in [0.2, 0.25) is 0 Å². The lowest BCUT2D eigenvalue weighted by atomic mass is 9.88. The molecule has 1 aromatic carbocycles. The van der Waals surface area contributed by atoms with E-state index in [1.54, 1.807) is 0 Å². The van der Waals surface area contributed by atoms with Crippen molar-refractivity contribution < 1.29 is 9.59 Å². The maximum atomic E-state index is 13.3. The standard InChI is InChI=1S/C24H37ClN2O.C7H11NO/c1-7-10-11-21(23(26-6)18(5)9-3)22(17(4)8-2)24(28)27-16-19-12-14-20(25)15-13-19;1-2-6-3-4-7(5-9)8-6/h12-15,18,26H,7-11,16H2,1-6H3,(H,27,28);6,8H,2-4H2,1H3/b22-17?,23-21-;. The summed E-state index contributed by atoms with van der Waals surface area (Å²) in [5, 5.41) is 10.3. The van der Waals surface area contributed by atoms with Crippen LogP contribution in [0, 0.1) is 5.92 Å². The zero-order valence-electron chi connectivity index (χ0n) is 24.0. The molecule has 0 spiro atoms. The number of unbranched alkanes of at least 4 members (excludes halogenated alkanes) is 1. The van der Waals surface area contributed by atoms with Gasteiger partial charge in [0.1, 0.15) is 5.94 Å². The Bertz CT molecular complexity index is 959. The molecule has 6 heteroatoms. The van der Waals surface area contributed by atoms with Gasteiger partial charge in [0.05, 0.1) is 5.70 Å². The molecule has 0 aromatic heterocycles. The molecule has 2 unspecified atom stereocenters. The van der Waals surface area contributed by atoms with Gasteiger partial charge in [0.15, 0.2) is 0 Å². The quantitative estimate of drug-likeness (QED) is 0.151. The first-order valence-corrected chi connectivity index (χ1v) is 14.3. The van der Waals surface area contributed by atoms with Gasteiger partial charge in [0.25, 0.3) is 5.91 Å². The zero-order valence-corrected chi connectivity index (χ0v) is 24.8. The minimum atomic E-state index is 0.0106. The molecule has 1 aliphatic heterocycles. The first-order valence-electron chi connectivity index (χ1n) is 13.9. The fourth-order valence-electron chi connectivity index (χ4n) is 4.38. The highest BCUT2D eigenvalue weighted by Crippen LogP contribution is 2.29. The van der Waals surface area contributed by atoms with Crippen LogP contribution in [0.15, 0.2) is 52.4 Å². The Morgan fingerprint density at radius 2 is 1.86 bits per heavy atom. The summed E-state index contributed by atoms with van der Waals surface area (Å²) in [5.41, 5.74) is 6.15. The van der Waals surface area contributed by atoms with Crippen LogP contribution in [-0.4, -0.2) is 24.9 Å². The van der Waals surface area contributed by atoms with Crippen LogP contribution in [0.4, 0.5) is 0 Å². The second kappa shape index (κ2) is 17.9. The van der Waals surface area contributed by atoms with Crippen molar-refractivity contribution in [2.24, 2.45) is 5.92 Å². The SMILES string of the molecule is CCC1CCC(=C=O)N1.CCCC/C(C(C(=O)NCc1ccc(Cl)cc1)=C(C)CC)=C(/NC)C(C)CC. The van der Waals surface area contributed by atoms with Crippen LogP contribution < -0.4 is 16.0 Å². The van der Waals surface area contributed by atoms with Gasteiger partial charge in [-0.2, -0.15) is 0 Å². The fourth-order valence-corrected chi connectivity index (χ4v) is 4.51. The second-order valence-electron chi connectivity index (χ2n) is 9.74. The van der Waals surface area contributed by atoms with Crippen molar-refractivity contribution in [1.82, 2.24) is 16.0 Å². The molecule has 1 aliphatic rings. The van der Waals surface area contributed by atoms with Crippen LogP contribution in [0.1, 0.15) is 98.5 Å². The fraction of sp³-hybridized carbons (Fsp3) is 0.581. The highest BCUT2D eigenvalue weighted by Gasteiger charge is 2.22. The van der Waals surface area contributed by atoms with Crippen molar-refractivity contribution in [1.29, 1.82) is 0 Å². The van der Waals surface area contributed by atoms with Gasteiger partial charge in [-0.15, -0.1) is 0 Å². The minimum Gasteiger partial charge on any atom is -0.391 e. The van der Waals surface area contributed by atoms with E-state index in [1.807, 2.05) is 37.3 Å². The average molecular weight is 530 g/mol. The summed E-state index contributed by atoms with van der Waals surface area (Å²) in [6, 6.07) is 8.13. The van der Waals surface area contributed by atoms with E-state index in [0.717, 1.165) is 73.8 Å². The highest BCUT2D eigenvalue weighted by molar-refractivity contribution is 6.30. The number of carbonyl (C=O) groups excluding carboxylic acids is 2. The number of amides is 1. The molecule has 0 radical (unpaired) electrons. The molecule has 1 amide bonds. The molecule has 2 atom stereocenters. The summed E-state index contributed by atoms with van der Waals surface area (Å²) >= 11 is 5.96. The van der Waals surface area contributed by atoms with Crippen LogP contribution in [0.2, 0.25) is 5.02 Å². The molecule has 0 aliphatic carbocycles. The third-order valence-corrected chi connectivity index (χ3v) is 7.32. The van der Waals surface area contributed by atoms with E-state index >= 15 is 0 Å². The first kappa shape index (κ1) is 32.5. The van der Waals surface area contributed by atoms with Gasteiger partial charge in [-0.05, 0) is 81.1 Å². The predicted octanol–water partition coefficient (Wildman–Crippen LogP) is 7.26. The third-order valence-electron chi connectivity index (χ3n) is 7.07.